The van der Waals surface area contributed by atoms with Crippen molar-refractivity contribution in [2.75, 3.05) is 6.54 Å². The van der Waals surface area contributed by atoms with Crippen molar-refractivity contribution in [3.8, 4) is 0 Å². The molecule has 0 radical (unpaired) electrons. The van der Waals surface area contributed by atoms with Gasteiger partial charge in [-0.05, 0) is 43.5 Å². The molecule has 3 atom stereocenters. The van der Waals surface area contributed by atoms with E-state index in [1.807, 2.05) is 18.2 Å². The molecule has 5 heteroatoms. The van der Waals surface area contributed by atoms with E-state index in [2.05, 4.69) is 22.3 Å². The smallest absolute Gasteiger partial charge is 0.225 e. The molecule has 136 valence electrons. The first-order valence-corrected chi connectivity index (χ1v) is 9.16. The van der Waals surface area contributed by atoms with Gasteiger partial charge in [-0.15, -0.1) is 0 Å². The van der Waals surface area contributed by atoms with E-state index in [9.17, 15) is 13.6 Å². The minimum atomic E-state index is -0.624. The van der Waals surface area contributed by atoms with Crippen molar-refractivity contribution in [1.29, 1.82) is 0 Å². The first-order valence-electron chi connectivity index (χ1n) is 9.16. The fraction of sp³-hybridized carbons (Fsp3) is 0.381. The highest BCUT2D eigenvalue weighted by atomic mass is 19.1. The molecular weight excluding hydrogens is 334 g/mol. The Kier molecular flexibility index (Phi) is 4.72. The molecule has 0 bridgehead atoms. The Hall–Kier alpha value is -2.27. The summed E-state index contributed by atoms with van der Waals surface area (Å²) < 4.78 is 27.6. The van der Waals surface area contributed by atoms with Crippen LogP contribution in [0.25, 0.3) is 0 Å². The highest BCUT2D eigenvalue weighted by molar-refractivity contribution is 5.80. The monoisotopic (exact) mass is 356 g/mol. The highest BCUT2D eigenvalue weighted by Gasteiger charge is 2.46. The number of benzene rings is 2. The third-order valence-corrected chi connectivity index (χ3v) is 5.71. The summed E-state index contributed by atoms with van der Waals surface area (Å²) in [5, 5.41) is 2.76. The van der Waals surface area contributed by atoms with Crippen LogP contribution in [-0.4, -0.2) is 23.4 Å². The Morgan fingerprint density at radius 3 is 2.54 bits per heavy atom. The van der Waals surface area contributed by atoms with E-state index in [4.69, 9.17) is 0 Å². The lowest BCUT2D eigenvalue weighted by Crippen LogP contribution is -2.37. The second-order valence-electron chi connectivity index (χ2n) is 7.13. The maximum absolute atomic E-state index is 13.8. The number of rotatable bonds is 4. The zero-order chi connectivity index (χ0) is 18.1. The molecule has 2 heterocycles. The lowest BCUT2D eigenvalue weighted by molar-refractivity contribution is -0.125. The van der Waals surface area contributed by atoms with Crippen molar-refractivity contribution in [2.45, 2.75) is 37.9 Å². The van der Waals surface area contributed by atoms with Crippen LogP contribution < -0.4 is 5.32 Å². The first-order chi connectivity index (χ1) is 12.6. The van der Waals surface area contributed by atoms with E-state index in [0.717, 1.165) is 25.8 Å². The predicted molar refractivity (Wildman–Crippen MR) is 95.2 cm³/mol. The van der Waals surface area contributed by atoms with E-state index in [0.29, 0.717) is 0 Å². The second kappa shape index (κ2) is 7.16. The van der Waals surface area contributed by atoms with Crippen molar-refractivity contribution >= 4 is 5.91 Å². The molecule has 0 aliphatic carbocycles. The maximum Gasteiger partial charge on any atom is 0.225 e. The zero-order valence-corrected chi connectivity index (χ0v) is 14.5. The normalized spacial score (nSPS) is 25.2. The lowest BCUT2D eigenvalue weighted by Gasteiger charge is -2.24. The van der Waals surface area contributed by atoms with E-state index in [1.165, 1.54) is 23.8 Å². The number of hydrogen-bond donors (Lipinski definition) is 1. The fourth-order valence-electron chi connectivity index (χ4n) is 4.46. The summed E-state index contributed by atoms with van der Waals surface area (Å²) in [4.78, 5) is 15.2. The molecule has 0 unspecified atom stereocenters. The number of nitrogens with zero attached hydrogens (tertiary/aromatic N) is 1. The zero-order valence-electron chi connectivity index (χ0n) is 14.5. The van der Waals surface area contributed by atoms with Gasteiger partial charge in [-0.25, -0.2) is 8.78 Å². The minimum Gasteiger partial charge on any atom is -0.352 e. The van der Waals surface area contributed by atoms with Crippen LogP contribution in [0.1, 0.15) is 36.4 Å². The Morgan fingerprint density at radius 1 is 1.08 bits per heavy atom. The summed E-state index contributed by atoms with van der Waals surface area (Å²) in [7, 11) is 0. The molecule has 1 N–H and O–H groups in total. The minimum absolute atomic E-state index is 0.0817. The maximum atomic E-state index is 13.8. The van der Waals surface area contributed by atoms with E-state index >= 15 is 0 Å². The van der Waals surface area contributed by atoms with E-state index < -0.39 is 11.6 Å². The van der Waals surface area contributed by atoms with Crippen LogP contribution in [0.5, 0.6) is 0 Å². The predicted octanol–water partition coefficient (Wildman–Crippen LogP) is 3.81. The number of amides is 1. The molecule has 1 amide bonds. The summed E-state index contributed by atoms with van der Waals surface area (Å²) in [6, 6.07) is 14.5. The molecular formula is C21H22F2N2O. The van der Waals surface area contributed by atoms with Crippen molar-refractivity contribution < 1.29 is 13.6 Å². The van der Waals surface area contributed by atoms with Gasteiger partial charge >= 0.3 is 0 Å². The Balaban J connectivity index is 1.48. The molecule has 0 spiro atoms. The number of hydrogen-bond acceptors (Lipinski definition) is 2. The molecule has 0 saturated carbocycles. The summed E-state index contributed by atoms with van der Waals surface area (Å²) in [5.41, 5.74) is 1.15. The van der Waals surface area contributed by atoms with Crippen LogP contribution in [0.3, 0.4) is 0 Å². The van der Waals surface area contributed by atoms with E-state index in [1.54, 1.807) is 0 Å². The van der Waals surface area contributed by atoms with Crippen LogP contribution in [0.2, 0.25) is 0 Å². The van der Waals surface area contributed by atoms with Crippen LogP contribution in [0.15, 0.2) is 48.5 Å². The Morgan fingerprint density at radius 2 is 1.81 bits per heavy atom. The third kappa shape index (κ3) is 3.12. The number of carbonyl (C=O) groups excluding carboxylic acids is 1. The van der Waals surface area contributed by atoms with Gasteiger partial charge in [0.25, 0.3) is 0 Å². The fourth-order valence-corrected chi connectivity index (χ4v) is 4.46. The molecule has 26 heavy (non-hydrogen) atoms. The van der Waals surface area contributed by atoms with Crippen LogP contribution in [-0.2, 0) is 11.3 Å². The molecule has 2 aromatic carbocycles. The summed E-state index contributed by atoms with van der Waals surface area (Å²) >= 11 is 0. The topological polar surface area (TPSA) is 32.3 Å². The van der Waals surface area contributed by atoms with Crippen molar-refractivity contribution in [2.24, 2.45) is 5.92 Å². The average Bonchev–Trinajstić information content (AvgIpc) is 3.24. The van der Waals surface area contributed by atoms with Gasteiger partial charge in [-0.3, -0.25) is 9.69 Å². The quantitative estimate of drug-likeness (QED) is 0.904. The molecule has 0 aromatic heterocycles. The number of halogens is 2. The summed E-state index contributed by atoms with van der Waals surface area (Å²) in [5.74, 6) is -1.50. The first kappa shape index (κ1) is 17.2. The van der Waals surface area contributed by atoms with Gasteiger partial charge in [0, 0.05) is 24.2 Å². The molecule has 2 aromatic rings. The number of carbonyl (C=O) groups is 1. The van der Waals surface area contributed by atoms with Gasteiger partial charge in [0.05, 0.1) is 5.92 Å². The van der Waals surface area contributed by atoms with Gasteiger partial charge in [-0.2, -0.15) is 0 Å². The van der Waals surface area contributed by atoms with Gasteiger partial charge in [0.15, 0.2) is 0 Å². The Bertz CT molecular complexity index is 776. The molecule has 2 aliphatic rings. The van der Waals surface area contributed by atoms with E-state index in [-0.39, 0.29) is 36.0 Å². The summed E-state index contributed by atoms with van der Waals surface area (Å²) in [6.45, 7) is 0.881. The van der Waals surface area contributed by atoms with Gasteiger partial charge in [0.2, 0.25) is 5.91 Å². The summed E-state index contributed by atoms with van der Waals surface area (Å²) in [6.07, 6.45) is 2.83. The number of fused-ring (bicyclic) bond motifs is 1. The van der Waals surface area contributed by atoms with Gasteiger partial charge in [-0.1, -0.05) is 36.4 Å². The molecule has 2 aliphatic heterocycles. The van der Waals surface area contributed by atoms with Crippen molar-refractivity contribution in [1.82, 2.24) is 10.2 Å². The van der Waals surface area contributed by atoms with Crippen LogP contribution >= 0.6 is 0 Å². The largest absolute Gasteiger partial charge is 0.352 e. The van der Waals surface area contributed by atoms with Crippen LogP contribution in [0.4, 0.5) is 8.78 Å². The van der Waals surface area contributed by atoms with Crippen LogP contribution in [0, 0.1) is 17.6 Å². The molecule has 4 rings (SSSR count). The lowest BCUT2D eigenvalue weighted by atomic mass is 9.93. The second-order valence-corrected chi connectivity index (χ2v) is 7.13. The molecule has 3 nitrogen and oxygen atoms in total. The standard InChI is InChI=1S/C21H22F2N2O/c22-17-8-4-9-18(23)16(17)13-24-21(26)15-12-20(14-6-2-1-3-7-14)25-11-5-10-19(15)25/h1-4,6-9,15,19-20H,5,10-13H2,(H,24,26)/t15-,19+,20-/m0/s1. The van der Waals surface area contributed by atoms with Crippen molar-refractivity contribution in [3.05, 3.63) is 71.3 Å². The van der Waals surface area contributed by atoms with Crippen molar-refractivity contribution in [3.63, 3.8) is 0 Å². The molecule has 2 saturated heterocycles. The number of nitrogens with one attached hydrogen (secondary N) is 1. The van der Waals surface area contributed by atoms with Gasteiger partial charge < -0.3 is 5.32 Å². The molecule has 2 fully saturated rings. The SMILES string of the molecule is O=C(NCc1c(F)cccc1F)[C@H]1C[C@@H](c2ccccc2)N2CCC[C@H]12. The average molecular weight is 356 g/mol. The highest BCUT2D eigenvalue weighted by Crippen LogP contribution is 2.44. The Labute approximate surface area is 152 Å². The third-order valence-electron chi connectivity index (χ3n) is 5.71. The van der Waals surface area contributed by atoms with Gasteiger partial charge in [0.1, 0.15) is 11.6 Å².